The topological polar surface area (TPSA) is 12.0 Å². The first-order valence-corrected chi connectivity index (χ1v) is 8.84. The summed E-state index contributed by atoms with van der Waals surface area (Å²) in [7, 11) is 0. The molecule has 0 bridgehead atoms. The van der Waals surface area contributed by atoms with Gasteiger partial charge in [-0.2, -0.15) is 0 Å². The molecule has 3 heteroatoms. The van der Waals surface area contributed by atoms with E-state index in [0.717, 1.165) is 23.9 Å². The van der Waals surface area contributed by atoms with Crippen LogP contribution in [0.25, 0.3) is 0 Å². The van der Waals surface area contributed by atoms with Crippen molar-refractivity contribution >= 4 is 23.2 Å². The van der Waals surface area contributed by atoms with Gasteiger partial charge in [-0.1, -0.05) is 50.0 Å². The minimum atomic E-state index is 0.518. The molecule has 1 aromatic carbocycles. The molecular weight excluding hydrogens is 301 g/mol. The van der Waals surface area contributed by atoms with Crippen molar-refractivity contribution < 1.29 is 0 Å². The fourth-order valence-corrected chi connectivity index (χ4v) is 3.90. The van der Waals surface area contributed by atoms with Crippen LogP contribution in [0.15, 0.2) is 18.2 Å². The summed E-state index contributed by atoms with van der Waals surface area (Å²) < 4.78 is 0. The lowest BCUT2D eigenvalue weighted by Gasteiger charge is -2.38. The van der Waals surface area contributed by atoms with Gasteiger partial charge in [0.2, 0.25) is 0 Å². The van der Waals surface area contributed by atoms with Gasteiger partial charge in [0, 0.05) is 16.1 Å². The molecule has 1 atom stereocenters. The van der Waals surface area contributed by atoms with Crippen molar-refractivity contribution in [2.24, 2.45) is 11.3 Å². The monoisotopic (exact) mass is 327 g/mol. The number of likely N-dealkylation sites (N-methyl/N-ethyl adjacent to an activating group) is 1. The van der Waals surface area contributed by atoms with Crippen LogP contribution in [0.1, 0.15) is 52.0 Å². The Balaban J connectivity index is 2.05. The van der Waals surface area contributed by atoms with Gasteiger partial charge in [0.1, 0.15) is 0 Å². The zero-order valence-electron chi connectivity index (χ0n) is 13.4. The highest BCUT2D eigenvalue weighted by Gasteiger charge is 2.31. The van der Waals surface area contributed by atoms with Gasteiger partial charge in [-0.05, 0) is 67.7 Å². The molecule has 2 rings (SSSR count). The minimum absolute atomic E-state index is 0.518. The molecule has 0 aliphatic heterocycles. The van der Waals surface area contributed by atoms with E-state index in [-0.39, 0.29) is 0 Å². The Morgan fingerprint density at radius 2 is 1.90 bits per heavy atom. The third-order valence-corrected chi connectivity index (χ3v) is 5.46. The zero-order valence-corrected chi connectivity index (χ0v) is 14.9. The van der Waals surface area contributed by atoms with Crippen LogP contribution in [0.5, 0.6) is 0 Å². The quantitative estimate of drug-likeness (QED) is 0.728. The minimum Gasteiger partial charge on any atom is -0.314 e. The van der Waals surface area contributed by atoms with Crippen molar-refractivity contribution in [3.05, 3.63) is 33.8 Å². The molecular formula is C18H27Cl2N. The lowest BCUT2D eigenvalue weighted by Crippen LogP contribution is -2.40. The summed E-state index contributed by atoms with van der Waals surface area (Å²) in [4.78, 5) is 0. The van der Waals surface area contributed by atoms with Crippen LogP contribution in [0.3, 0.4) is 0 Å². The molecule has 1 fully saturated rings. The second-order valence-corrected chi connectivity index (χ2v) is 7.95. The molecule has 1 saturated carbocycles. The normalized spacial score (nSPS) is 20.4. The Labute approximate surface area is 139 Å². The molecule has 0 radical (unpaired) electrons. The first kappa shape index (κ1) is 17.1. The van der Waals surface area contributed by atoms with E-state index in [4.69, 9.17) is 23.2 Å². The van der Waals surface area contributed by atoms with Gasteiger partial charge < -0.3 is 5.32 Å². The third kappa shape index (κ3) is 4.87. The van der Waals surface area contributed by atoms with E-state index >= 15 is 0 Å². The van der Waals surface area contributed by atoms with Crippen molar-refractivity contribution in [1.29, 1.82) is 0 Å². The van der Waals surface area contributed by atoms with Crippen molar-refractivity contribution in [1.82, 2.24) is 5.32 Å². The van der Waals surface area contributed by atoms with Gasteiger partial charge in [0.05, 0.1) is 0 Å². The summed E-state index contributed by atoms with van der Waals surface area (Å²) in [5.74, 6) is 0.754. The molecule has 1 unspecified atom stereocenters. The molecule has 1 aliphatic carbocycles. The van der Waals surface area contributed by atoms with Crippen LogP contribution in [-0.2, 0) is 6.42 Å². The van der Waals surface area contributed by atoms with Gasteiger partial charge >= 0.3 is 0 Å². The predicted octanol–water partition coefficient (Wildman–Crippen LogP) is 5.73. The van der Waals surface area contributed by atoms with E-state index in [2.05, 4.69) is 32.2 Å². The van der Waals surface area contributed by atoms with Gasteiger partial charge in [-0.25, -0.2) is 0 Å². The summed E-state index contributed by atoms with van der Waals surface area (Å²) in [5.41, 5.74) is 1.72. The highest BCUT2D eigenvalue weighted by molar-refractivity contribution is 6.35. The average Bonchev–Trinajstić information content (AvgIpc) is 2.41. The fraction of sp³-hybridized carbons (Fsp3) is 0.667. The molecule has 0 aromatic heterocycles. The summed E-state index contributed by atoms with van der Waals surface area (Å²) >= 11 is 12.3. The van der Waals surface area contributed by atoms with Crippen molar-refractivity contribution in [3.63, 3.8) is 0 Å². The van der Waals surface area contributed by atoms with Gasteiger partial charge in [-0.15, -0.1) is 0 Å². The molecule has 21 heavy (non-hydrogen) atoms. The first-order chi connectivity index (χ1) is 9.91. The van der Waals surface area contributed by atoms with E-state index in [1.807, 2.05) is 12.1 Å². The van der Waals surface area contributed by atoms with Crippen molar-refractivity contribution in [3.8, 4) is 0 Å². The van der Waals surface area contributed by atoms with Crippen LogP contribution in [-0.4, -0.2) is 12.6 Å². The predicted molar refractivity (Wildman–Crippen MR) is 93.4 cm³/mol. The van der Waals surface area contributed by atoms with E-state index in [9.17, 15) is 0 Å². The SMILES string of the molecule is CCNC(Cc1ccc(Cl)cc1Cl)C1CCC(C)(C)CC1. The van der Waals surface area contributed by atoms with E-state index in [1.54, 1.807) is 0 Å². The second kappa shape index (κ2) is 7.35. The number of halogens is 2. The number of rotatable bonds is 5. The Hall–Kier alpha value is -0.240. The highest BCUT2D eigenvalue weighted by atomic mass is 35.5. The molecule has 1 aliphatic rings. The van der Waals surface area contributed by atoms with Gasteiger partial charge in [-0.3, -0.25) is 0 Å². The summed E-state index contributed by atoms with van der Waals surface area (Å²) in [6.45, 7) is 7.97. The van der Waals surface area contributed by atoms with E-state index in [1.165, 1.54) is 31.2 Å². The molecule has 1 aromatic rings. The van der Waals surface area contributed by atoms with Crippen LogP contribution in [0.2, 0.25) is 10.0 Å². The maximum absolute atomic E-state index is 6.35. The standard InChI is InChI=1S/C18H27Cl2N/c1-4-21-17(13-7-9-18(2,3)10-8-13)11-14-5-6-15(19)12-16(14)20/h5-6,12-13,17,21H,4,7-11H2,1-3H3. The molecule has 0 spiro atoms. The Morgan fingerprint density at radius 1 is 1.24 bits per heavy atom. The number of hydrogen-bond acceptors (Lipinski definition) is 1. The van der Waals surface area contributed by atoms with Gasteiger partial charge in [0.15, 0.2) is 0 Å². The lowest BCUT2D eigenvalue weighted by molar-refractivity contribution is 0.161. The summed E-state index contributed by atoms with van der Waals surface area (Å²) in [5, 5.41) is 5.18. The summed E-state index contributed by atoms with van der Waals surface area (Å²) in [6, 6.07) is 6.38. The Morgan fingerprint density at radius 3 is 2.48 bits per heavy atom. The second-order valence-electron chi connectivity index (χ2n) is 7.11. The molecule has 0 saturated heterocycles. The van der Waals surface area contributed by atoms with Crippen LogP contribution in [0, 0.1) is 11.3 Å². The van der Waals surface area contributed by atoms with Crippen LogP contribution >= 0.6 is 23.2 Å². The highest BCUT2D eigenvalue weighted by Crippen LogP contribution is 2.40. The molecule has 1 nitrogen and oxygen atoms in total. The summed E-state index contributed by atoms with van der Waals surface area (Å²) in [6.07, 6.45) is 6.28. The molecule has 1 N–H and O–H groups in total. The van der Waals surface area contributed by atoms with Crippen molar-refractivity contribution in [2.45, 2.75) is 58.9 Å². The zero-order chi connectivity index (χ0) is 15.5. The van der Waals surface area contributed by atoms with Crippen molar-refractivity contribution in [2.75, 3.05) is 6.54 Å². The number of nitrogens with one attached hydrogen (secondary N) is 1. The Bertz CT molecular complexity index is 460. The van der Waals surface area contributed by atoms with Gasteiger partial charge in [0.25, 0.3) is 0 Å². The third-order valence-electron chi connectivity index (χ3n) is 4.87. The lowest BCUT2D eigenvalue weighted by atomic mass is 9.70. The maximum atomic E-state index is 6.35. The van der Waals surface area contributed by atoms with Crippen LogP contribution < -0.4 is 5.32 Å². The van der Waals surface area contributed by atoms with E-state index in [0.29, 0.717) is 16.5 Å². The Kier molecular flexibility index (Phi) is 5.99. The fourth-order valence-electron chi connectivity index (χ4n) is 3.42. The number of benzene rings is 1. The van der Waals surface area contributed by atoms with E-state index < -0.39 is 0 Å². The number of hydrogen-bond donors (Lipinski definition) is 1. The van der Waals surface area contributed by atoms with Crippen LogP contribution in [0.4, 0.5) is 0 Å². The molecule has 118 valence electrons. The average molecular weight is 328 g/mol. The molecule has 0 heterocycles. The largest absolute Gasteiger partial charge is 0.314 e. The molecule has 0 amide bonds. The smallest absolute Gasteiger partial charge is 0.0453 e. The first-order valence-electron chi connectivity index (χ1n) is 8.08. The maximum Gasteiger partial charge on any atom is 0.0453 e.